The summed E-state index contributed by atoms with van der Waals surface area (Å²) >= 11 is 7.22. The molecule has 90 valence electrons. The third kappa shape index (κ3) is 1.96. The van der Waals surface area contributed by atoms with E-state index in [1.54, 1.807) is 18.2 Å². The highest BCUT2D eigenvalue weighted by atomic mass is 35.5. The molecule has 0 amide bonds. The van der Waals surface area contributed by atoms with Crippen molar-refractivity contribution in [2.45, 2.75) is 0 Å². The van der Waals surface area contributed by atoms with Crippen molar-refractivity contribution in [2.75, 3.05) is 5.73 Å². The van der Waals surface area contributed by atoms with Gasteiger partial charge in [-0.05, 0) is 23.6 Å². The number of anilines is 1. The number of hydrogen-bond acceptors (Lipinski definition) is 6. The minimum atomic E-state index is 0.397. The van der Waals surface area contributed by atoms with E-state index >= 15 is 0 Å². The molecule has 0 aliphatic heterocycles. The highest BCUT2D eigenvalue weighted by Crippen LogP contribution is 2.31. The zero-order chi connectivity index (χ0) is 12.5. The van der Waals surface area contributed by atoms with Crippen LogP contribution < -0.4 is 5.73 Å². The summed E-state index contributed by atoms with van der Waals surface area (Å²) in [6.07, 6.45) is 1.53. The first-order valence-corrected chi connectivity index (χ1v) is 6.29. The van der Waals surface area contributed by atoms with Gasteiger partial charge < -0.3 is 10.3 Å². The molecule has 18 heavy (non-hydrogen) atoms. The molecule has 0 aromatic carbocycles. The summed E-state index contributed by atoms with van der Waals surface area (Å²) in [7, 11) is 0. The molecule has 0 aliphatic carbocycles. The predicted molar refractivity (Wildman–Crippen MR) is 70.3 cm³/mol. The molecule has 5 nitrogen and oxygen atoms in total. The monoisotopic (exact) mass is 278 g/mol. The summed E-state index contributed by atoms with van der Waals surface area (Å²) in [4.78, 5) is 9.15. The molecular weight excluding hydrogens is 272 g/mol. The van der Waals surface area contributed by atoms with E-state index in [-0.39, 0.29) is 0 Å². The van der Waals surface area contributed by atoms with E-state index in [0.29, 0.717) is 28.1 Å². The van der Waals surface area contributed by atoms with Crippen LogP contribution in [-0.4, -0.2) is 15.1 Å². The number of thiophene rings is 1. The Morgan fingerprint density at radius 2 is 2.17 bits per heavy atom. The Bertz CT molecular complexity index is 676. The van der Waals surface area contributed by atoms with Gasteiger partial charge in [-0.25, -0.2) is 0 Å². The minimum Gasteiger partial charge on any atom is -0.397 e. The van der Waals surface area contributed by atoms with Crippen LogP contribution in [0.2, 0.25) is 5.02 Å². The first-order chi connectivity index (χ1) is 8.74. The minimum absolute atomic E-state index is 0.397. The number of nitrogen functional groups attached to an aromatic ring is 1. The van der Waals surface area contributed by atoms with E-state index in [1.165, 1.54) is 17.5 Å². The van der Waals surface area contributed by atoms with E-state index in [0.717, 1.165) is 4.88 Å². The Hall–Kier alpha value is -1.92. The summed E-state index contributed by atoms with van der Waals surface area (Å²) in [5, 5.41) is 6.30. The maximum Gasteiger partial charge on any atom is 0.270 e. The molecule has 0 saturated carbocycles. The maximum absolute atomic E-state index is 5.79. The van der Waals surface area contributed by atoms with Gasteiger partial charge in [-0.1, -0.05) is 16.8 Å². The fraction of sp³-hybridized carbons (Fsp3) is 0. The van der Waals surface area contributed by atoms with Gasteiger partial charge in [0.05, 0.1) is 10.7 Å². The third-order valence-corrected chi connectivity index (χ3v) is 3.41. The molecule has 3 aromatic heterocycles. The lowest BCUT2D eigenvalue weighted by atomic mass is 10.3. The Balaban J connectivity index is 1.99. The van der Waals surface area contributed by atoms with Crippen LogP contribution in [0.5, 0.6) is 0 Å². The second-order valence-electron chi connectivity index (χ2n) is 3.49. The smallest absolute Gasteiger partial charge is 0.270 e. The van der Waals surface area contributed by atoms with Gasteiger partial charge >= 0.3 is 0 Å². The van der Waals surface area contributed by atoms with Crippen LogP contribution in [0.15, 0.2) is 34.3 Å². The van der Waals surface area contributed by atoms with E-state index in [1.807, 2.05) is 5.38 Å². The lowest BCUT2D eigenvalue weighted by Crippen LogP contribution is -1.86. The van der Waals surface area contributed by atoms with Gasteiger partial charge in [0.1, 0.15) is 10.6 Å². The molecule has 0 fully saturated rings. The Kier molecular flexibility index (Phi) is 2.73. The molecule has 3 aromatic rings. The Morgan fingerprint density at radius 3 is 2.83 bits per heavy atom. The largest absolute Gasteiger partial charge is 0.397 e. The first-order valence-electron chi connectivity index (χ1n) is 5.03. The fourth-order valence-corrected chi connectivity index (χ4v) is 2.27. The molecule has 0 unspecified atom stereocenters. The number of halogens is 1. The lowest BCUT2D eigenvalue weighted by Gasteiger charge is -1.92. The molecule has 0 atom stereocenters. The van der Waals surface area contributed by atoms with Crippen molar-refractivity contribution in [1.29, 1.82) is 0 Å². The summed E-state index contributed by atoms with van der Waals surface area (Å²) in [5.41, 5.74) is 7.02. The SMILES string of the molecule is Nc1ccsc1-c1nc(-c2ccc(Cl)cn2)no1. The number of aromatic nitrogens is 3. The van der Waals surface area contributed by atoms with Gasteiger partial charge in [-0.15, -0.1) is 11.3 Å². The second kappa shape index (κ2) is 4.40. The van der Waals surface area contributed by atoms with Gasteiger partial charge in [0.2, 0.25) is 5.82 Å². The molecule has 0 spiro atoms. The van der Waals surface area contributed by atoms with E-state index in [9.17, 15) is 0 Å². The molecule has 0 bridgehead atoms. The standard InChI is InChI=1S/C11H7ClN4OS/c12-6-1-2-8(14-5-6)10-15-11(17-16-10)9-7(13)3-4-18-9/h1-5H,13H2. The van der Waals surface area contributed by atoms with Crippen LogP contribution in [0.25, 0.3) is 22.3 Å². The molecule has 3 heterocycles. The Morgan fingerprint density at radius 1 is 1.28 bits per heavy atom. The van der Waals surface area contributed by atoms with Crippen molar-refractivity contribution in [3.05, 3.63) is 34.8 Å². The average molecular weight is 279 g/mol. The van der Waals surface area contributed by atoms with Gasteiger partial charge in [0.15, 0.2) is 0 Å². The molecule has 0 saturated heterocycles. The quantitative estimate of drug-likeness (QED) is 0.779. The fourth-order valence-electron chi connectivity index (χ4n) is 1.42. The van der Waals surface area contributed by atoms with Crippen LogP contribution in [0.4, 0.5) is 5.69 Å². The number of hydrogen-bond donors (Lipinski definition) is 1. The van der Waals surface area contributed by atoms with Crippen LogP contribution in [0, 0.1) is 0 Å². The molecule has 7 heteroatoms. The summed E-state index contributed by atoms with van der Waals surface area (Å²) in [6, 6.07) is 5.25. The third-order valence-electron chi connectivity index (χ3n) is 2.27. The van der Waals surface area contributed by atoms with Crippen molar-refractivity contribution in [1.82, 2.24) is 15.1 Å². The summed E-state index contributed by atoms with van der Waals surface area (Å²) in [6.45, 7) is 0. The number of nitrogens with two attached hydrogens (primary N) is 1. The van der Waals surface area contributed by atoms with E-state index in [4.69, 9.17) is 21.9 Å². The van der Waals surface area contributed by atoms with Gasteiger partial charge in [0, 0.05) is 6.20 Å². The van der Waals surface area contributed by atoms with E-state index < -0.39 is 0 Å². The second-order valence-corrected chi connectivity index (χ2v) is 4.84. The lowest BCUT2D eigenvalue weighted by molar-refractivity contribution is 0.433. The molecule has 0 radical (unpaired) electrons. The normalized spacial score (nSPS) is 10.7. The summed E-state index contributed by atoms with van der Waals surface area (Å²) in [5.74, 6) is 0.809. The molecule has 0 aliphatic rings. The van der Waals surface area contributed by atoms with Crippen LogP contribution in [-0.2, 0) is 0 Å². The summed E-state index contributed by atoms with van der Waals surface area (Å²) < 4.78 is 5.17. The van der Waals surface area contributed by atoms with Gasteiger partial charge in [0.25, 0.3) is 5.89 Å². The van der Waals surface area contributed by atoms with Gasteiger partial charge in [-0.3, -0.25) is 4.98 Å². The first kappa shape index (κ1) is 11.2. The van der Waals surface area contributed by atoms with E-state index in [2.05, 4.69) is 15.1 Å². The predicted octanol–water partition coefficient (Wildman–Crippen LogP) is 3.10. The van der Waals surface area contributed by atoms with Crippen LogP contribution >= 0.6 is 22.9 Å². The molecule has 3 rings (SSSR count). The maximum atomic E-state index is 5.79. The van der Waals surface area contributed by atoms with Crippen molar-refractivity contribution in [3.63, 3.8) is 0 Å². The highest BCUT2D eigenvalue weighted by molar-refractivity contribution is 7.14. The average Bonchev–Trinajstić information content (AvgIpc) is 2.98. The topological polar surface area (TPSA) is 77.8 Å². The zero-order valence-electron chi connectivity index (χ0n) is 9.00. The number of pyridine rings is 1. The van der Waals surface area contributed by atoms with Crippen molar-refractivity contribution < 1.29 is 4.52 Å². The number of nitrogens with zero attached hydrogens (tertiary/aromatic N) is 3. The Labute approximate surface area is 111 Å². The van der Waals surface area contributed by atoms with Crippen LogP contribution in [0.3, 0.4) is 0 Å². The van der Waals surface area contributed by atoms with Crippen molar-refractivity contribution in [3.8, 4) is 22.3 Å². The highest BCUT2D eigenvalue weighted by Gasteiger charge is 2.14. The van der Waals surface area contributed by atoms with Gasteiger partial charge in [-0.2, -0.15) is 4.98 Å². The molecular formula is C11H7ClN4OS. The number of rotatable bonds is 2. The van der Waals surface area contributed by atoms with Crippen molar-refractivity contribution in [2.24, 2.45) is 0 Å². The zero-order valence-corrected chi connectivity index (χ0v) is 10.6. The van der Waals surface area contributed by atoms with Crippen LogP contribution in [0.1, 0.15) is 0 Å². The molecule has 2 N–H and O–H groups in total. The van der Waals surface area contributed by atoms with Crippen molar-refractivity contribution >= 4 is 28.6 Å².